The Bertz CT molecular complexity index is 316. The molecule has 0 unspecified atom stereocenters. The molecular weight excluding hydrogens is 174 g/mol. The molecule has 0 aliphatic heterocycles. The van der Waals surface area contributed by atoms with Crippen LogP contribution in [0.15, 0.2) is 18.3 Å². The maximum absolute atomic E-state index is 5.70. The minimum atomic E-state index is 0.223. The van der Waals surface area contributed by atoms with Gasteiger partial charge in [-0.2, -0.15) is 0 Å². The van der Waals surface area contributed by atoms with E-state index in [0.29, 0.717) is 0 Å². The molecular formula is C11H17N3. The van der Waals surface area contributed by atoms with Crippen molar-refractivity contribution in [1.82, 2.24) is 4.98 Å². The van der Waals surface area contributed by atoms with Gasteiger partial charge in [-0.1, -0.05) is 12.8 Å². The first-order valence-electron chi connectivity index (χ1n) is 5.18. The van der Waals surface area contributed by atoms with Crippen molar-refractivity contribution in [3.8, 4) is 0 Å². The summed E-state index contributed by atoms with van der Waals surface area (Å²) in [7, 11) is 0. The van der Waals surface area contributed by atoms with E-state index >= 15 is 0 Å². The normalized spacial score (nSPS) is 19.5. The smallest absolute Gasteiger partial charge is 0.128 e. The molecule has 1 fully saturated rings. The van der Waals surface area contributed by atoms with E-state index in [-0.39, 0.29) is 5.54 Å². The molecule has 1 heterocycles. The zero-order chi connectivity index (χ0) is 10.0. The Morgan fingerprint density at radius 1 is 1.43 bits per heavy atom. The van der Waals surface area contributed by atoms with Gasteiger partial charge < -0.3 is 11.1 Å². The van der Waals surface area contributed by atoms with Crippen LogP contribution in [-0.4, -0.2) is 10.5 Å². The molecule has 0 amide bonds. The predicted octanol–water partition coefficient (Wildman–Crippen LogP) is 2.41. The fraction of sp³-hybridized carbons (Fsp3) is 0.545. The lowest BCUT2D eigenvalue weighted by atomic mass is 10.0. The van der Waals surface area contributed by atoms with Gasteiger partial charge >= 0.3 is 0 Å². The molecule has 0 aromatic carbocycles. The molecule has 0 atom stereocenters. The van der Waals surface area contributed by atoms with Crippen molar-refractivity contribution in [3.05, 3.63) is 18.3 Å². The van der Waals surface area contributed by atoms with Crippen molar-refractivity contribution in [2.24, 2.45) is 0 Å². The standard InChI is InChI=1S/C11H17N3/c1-11(5-2-3-6-11)14-10-8-9(12)4-7-13-10/h4,7-8H,2-3,5-6H2,1H3,(H3,12,13,14). The summed E-state index contributed by atoms with van der Waals surface area (Å²) in [5.41, 5.74) is 6.69. The topological polar surface area (TPSA) is 50.9 Å². The lowest BCUT2D eigenvalue weighted by molar-refractivity contribution is 0.531. The first-order chi connectivity index (χ1) is 6.68. The minimum absolute atomic E-state index is 0.223. The molecule has 0 saturated heterocycles. The minimum Gasteiger partial charge on any atom is -0.399 e. The van der Waals surface area contributed by atoms with Crippen LogP contribution in [0.3, 0.4) is 0 Å². The third kappa shape index (κ3) is 1.97. The van der Waals surface area contributed by atoms with Crippen molar-refractivity contribution >= 4 is 11.5 Å². The molecule has 2 rings (SSSR count). The Balaban J connectivity index is 2.10. The molecule has 1 aromatic heterocycles. The number of rotatable bonds is 2. The van der Waals surface area contributed by atoms with E-state index < -0.39 is 0 Å². The summed E-state index contributed by atoms with van der Waals surface area (Å²) in [6.07, 6.45) is 6.82. The molecule has 76 valence electrons. The molecule has 0 radical (unpaired) electrons. The average Bonchev–Trinajstić information content (AvgIpc) is 2.51. The van der Waals surface area contributed by atoms with Crippen LogP contribution in [0.5, 0.6) is 0 Å². The van der Waals surface area contributed by atoms with Crippen LogP contribution in [0.2, 0.25) is 0 Å². The van der Waals surface area contributed by atoms with Crippen molar-refractivity contribution < 1.29 is 0 Å². The molecule has 14 heavy (non-hydrogen) atoms. The molecule has 3 nitrogen and oxygen atoms in total. The van der Waals surface area contributed by atoms with Crippen LogP contribution in [-0.2, 0) is 0 Å². The van der Waals surface area contributed by atoms with E-state index in [4.69, 9.17) is 5.73 Å². The predicted molar refractivity (Wildman–Crippen MR) is 59.1 cm³/mol. The van der Waals surface area contributed by atoms with Gasteiger partial charge in [0, 0.05) is 23.5 Å². The summed E-state index contributed by atoms with van der Waals surface area (Å²) in [4.78, 5) is 4.26. The van der Waals surface area contributed by atoms with Gasteiger partial charge in [-0.05, 0) is 25.8 Å². The highest BCUT2D eigenvalue weighted by Gasteiger charge is 2.28. The van der Waals surface area contributed by atoms with Crippen molar-refractivity contribution in [3.63, 3.8) is 0 Å². The third-order valence-corrected chi connectivity index (χ3v) is 2.92. The van der Waals surface area contributed by atoms with Gasteiger partial charge in [-0.25, -0.2) is 4.98 Å². The Kier molecular flexibility index (Phi) is 2.32. The Morgan fingerprint density at radius 2 is 2.14 bits per heavy atom. The Morgan fingerprint density at radius 3 is 2.79 bits per heavy atom. The molecule has 1 aromatic rings. The third-order valence-electron chi connectivity index (χ3n) is 2.92. The number of pyridine rings is 1. The summed E-state index contributed by atoms with van der Waals surface area (Å²) in [5.74, 6) is 0.898. The number of nitrogens with one attached hydrogen (secondary N) is 1. The molecule has 3 N–H and O–H groups in total. The highest BCUT2D eigenvalue weighted by Crippen LogP contribution is 2.32. The largest absolute Gasteiger partial charge is 0.399 e. The Labute approximate surface area is 84.7 Å². The number of nitrogen functional groups attached to an aromatic ring is 1. The van der Waals surface area contributed by atoms with Gasteiger partial charge in [0.25, 0.3) is 0 Å². The first kappa shape index (κ1) is 9.31. The van der Waals surface area contributed by atoms with E-state index in [1.807, 2.05) is 12.1 Å². The molecule has 1 aliphatic rings. The lowest BCUT2D eigenvalue weighted by Gasteiger charge is -2.25. The van der Waals surface area contributed by atoms with Gasteiger partial charge in [0.2, 0.25) is 0 Å². The maximum atomic E-state index is 5.70. The maximum Gasteiger partial charge on any atom is 0.128 e. The van der Waals surface area contributed by atoms with Crippen molar-refractivity contribution in [2.45, 2.75) is 38.1 Å². The highest BCUT2D eigenvalue weighted by molar-refractivity contribution is 5.49. The van der Waals surface area contributed by atoms with Crippen molar-refractivity contribution in [2.75, 3.05) is 11.1 Å². The summed E-state index contributed by atoms with van der Waals surface area (Å²) < 4.78 is 0. The zero-order valence-electron chi connectivity index (χ0n) is 8.59. The van der Waals surface area contributed by atoms with Crippen molar-refractivity contribution in [1.29, 1.82) is 0 Å². The Hall–Kier alpha value is -1.25. The molecule has 1 aliphatic carbocycles. The number of nitrogens with zero attached hydrogens (tertiary/aromatic N) is 1. The second-order valence-corrected chi connectivity index (χ2v) is 4.37. The molecule has 0 bridgehead atoms. The number of anilines is 2. The van der Waals surface area contributed by atoms with Gasteiger partial charge in [0.15, 0.2) is 0 Å². The van der Waals surface area contributed by atoms with Gasteiger partial charge in [-0.3, -0.25) is 0 Å². The number of aromatic nitrogens is 1. The second kappa shape index (κ2) is 3.48. The SMILES string of the molecule is CC1(Nc2cc(N)ccn2)CCCC1. The van der Waals surface area contributed by atoms with E-state index in [2.05, 4.69) is 17.2 Å². The van der Waals surface area contributed by atoms with Gasteiger partial charge in [0.05, 0.1) is 0 Å². The van der Waals surface area contributed by atoms with Crippen LogP contribution in [0.1, 0.15) is 32.6 Å². The number of nitrogens with two attached hydrogens (primary N) is 1. The van der Waals surface area contributed by atoms with Crippen LogP contribution in [0, 0.1) is 0 Å². The first-order valence-corrected chi connectivity index (χ1v) is 5.18. The zero-order valence-corrected chi connectivity index (χ0v) is 8.59. The number of hydrogen-bond acceptors (Lipinski definition) is 3. The van der Waals surface area contributed by atoms with Crippen LogP contribution < -0.4 is 11.1 Å². The van der Waals surface area contributed by atoms with E-state index in [1.54, 1.807) is 6.20 Å². The van der Waals surface area contributed by atoms with E-state index in [0.717, 1.165) is 11.5 Å². The summed E-state index contributed by atoms with van der Waals surface area (Å²) in [6.45, 7) is 2.25. The van der Waals surface area contributed by atoms with E-state index in [1.165, 1.54) is 25.7 Å². The van der Waals surface area contributed by atoms with Gasteiger partial charge in [-0.15, -0.1) is 0 Å². The van der Waals surface area contributed by atoms with Crippen LogP contribution in [0.4, 0.5) is 11.5 Å². The molecule has 1 saturated carbocycles. The van der Waals surface area contributed by atoms with Gasteiger partial charge in [0.1, 0.15) is 5.82 Å². The molecule has 0 spiro atoms. The highest BCUT2D eigenvalue weighted by atomic mass is 15.1. The average molecular weight is 191 g/mol. The summed E-state index contributed by atoms with van der Waals surface area (Å²) in [5, 5.41) is 3.47. The monoisotopic (exact) mass is 191 g/mol. The van der Waals surface area contributed by atoms with Crippen LogP contribution >= 0.6 is 0 Å². The quantitative estimate of drug-likeness (QED) is 0.754. The lowest BCUT2D eigenvalue weighted by Crippen LogP contribution is -2.31. The summed E-state index contributed by atoms with van der Waals surface area (Å²) in [6, 6.07) is 3.70. The number of hydrogen-bond donors (Lipinski definition) is 2. The fourth-order valence-electron chi connectivity index (χ4n) is 2.10. The van der Waals surface area contributed by atoms with Crippen LogP contribution in [0.25, 0.3) is 0 Å². The van der Waals surface area contributed by atoms with E-state index in [9.17, 15) is 0 Å². The fourth-order valence-corrected chi connectivity index (χ4v) is 2.10. The summed E-state index contributed by atoms with van der Waals surface area (Å²) >= 11 is 0. The second-order valence-electron chi connectivity index (χ2n) is 4.37. The molecule has 3 heteroatoms.